The second-order valence-corrected chi connectivity index (χ2v) is 6.28. The third-order valence-corrected chi connectivity index (χ3v) is 4.26. The Labute approximate surface area is 138 Å². The van der Waals surface area contributed by atoms with Crippen LogP contribution in [-0.2, 0) is 18.4 Å². The number of aryl methyl sites for hydroxylation is 1. The molecule has 2 aromatic rings. The molecule has 1 aliphatic heterocycles. The van der Waals surface area contributed by atoms with Crippen LogP contribution in [0.15, 0.2) is 36.4 Å². The monoisotopic (exact) mass is 335 g/mol. The first-order valence-corrected chi connectivity index (χ1v) is 7.75. The quantitative estimate of drug-likeness (QED) is 0.933. The second kappa shape index (κ2) is 6.32. The van der Waals surface area contributed by atoms with Crippen molar-refractivity contribution in [3.05, 3.63) is 42.1 Å². The number of nitrogens with zero attached hydrogens (tertiary/aromatic N) is 3. The number of carbonyl (C=O) groups is 1. The summed E-state index contributed by atoms with van der Waals surface area (Å²) in [6.07, 6.45) is -0.598. The lowest BCUT2D eigenvalue weighted by molar-refractivity contribution is -0.153. The SMILES string of the molecule is Cn1nc(-c2ccccc2)cc1CN1CC(C(=O)O)CC(F)(F)C1. The van der Waals surface area contributed by atoms with Gasteiger partial charge >= 0.3 is 5.97 Å². The number of carboxylic acids is 1. The van der Waals surface area contributed by atoms with Gasteiger partial charge in [-0.3, -0.25) is 14.4 Å². The Bertz CT molecular complexity index is 731. The summed E-state index contributed by atoms with van der Waals surface area (Å²) in [5.74, 6) is -5.20. The number of aromatic nitrogens is 2. The highest BCUT2D eigenvalue weighted by molar-refractivity contribution is 5.70. The molecule has 1 fully saturated rings. The molecule has 1 aliphatic rings. The number of piperidine rings is 1. The molecule has 2 heterocycles. The number of likely N-dealkylation sites (tertiary alicyclic amines) is 1. The minimum absolute atomic E-state index is 0.122. The maximum Gasteiger partial charge on any atom is 0.308 e. The minimum Gasteiger partial charge on any atom is -0.481 e. The van der Waals surface area contributed by atoms with Crippen LogP contribution in [0, 0.1) is 5.92 Å². The first-order valence-electron chi connectivity index (χ1n) is 7.75. The Morgan fingerprint density at radius 1 is 1.38 bits per heavy atom. The Morgan fingerprint density at radius 3 is 2.75 bits per heavy atom. The van der Waals surface area contributed by atoms with Crippen molar-refractivity contribution >= 4 is 5.97 Å². The number of carboxylic acid groups (broad SMARTS) is 1. The predicted molar refractivity (Wildman–Crippen MR) is 84.6 cm³/mol. The third kappa shape index (κ3) is 3.62. The molecular weight excluding hydrogens is 316 g/mol. The van der Waals surface area contributed by atoms with Gasteiger partial charge in [0.2, 0.25) is 0 Å². The summed E-state index contributed by atoms with van der Waals surface area (Å²) < 4.78 is 29.3. The van der Waals surface area contributed by atoms with Crippen LogP contribution in [0.5, 0.6) is 0 Å². The van der Waals surface area contributed by atoms with Crippen molar-refractivity contribution in [2.24, 2.45) is 13.0 Å². The van der Waals surface area contributed by atoms with Gasteiger partial charge in [0.15, 0.2) is 0 Å². The molecule has 0 bridgehead atoms. The van der Waals surface area contributed by atoms with E-state index in [1.165, 1.54) is 4.90 Å². The van der Waals surface area contributed by atoms with Crippen LogP contribution in [0.25, 0.3) is 11.3 Å². The molecule has 128 valence electrons. The van der Waals surface area contributed by atoms with Crippen LogP contribution in [-0.4, -0.2) is 44.8 Å². The fourth-order valence-electron chi connectivity index (χ4n) is 3.11. The van der Waals surface area contributed by atoms with E-state index in [0.717, 1.165) is 17.0 Å². The van der Waals surface area contributed by atoms with Gasteiger partial charge in [-0.25, -0.2) is 8.78 Å². The number of hydrogen-bond donors (Lipinski definition) is 1. The van der Waals surface area contributed by atoms with E-state index >= 15 is 0 Å². The number of alkyl halides is 2. The van der Waals surface area contributed by atoms with Crippen molar-refractivity contribution in [1.29, 1.82) is 0 Å². The largest absolute Gasteiger partial charge is 0.481 e. The summed E-state index contributed by atoms with van der Waals surface area (Å²) >= 11 is 0. The van der Waals surface area contributed by atoms with Gasteiger partial charge in [-0.2, -0.15) is 5.10 Å². The lowest BCUT2D eigenvalue weighted by Gasteiger charge is -2.35. The molecule has 7 heteroatoms. The molecule has 1 saturated heterocycles. The van der Waals surface area contributed by atoms with Crippen molar-refractivity contribution in [2.45, 2.75) is 18.9 Å². The van der Waals surface area contributed by atoms with Gasteiger partial charge in [0.05, 0.1) is 23.9 Å². The summed E-state index contributed by atoms with van der Waals surface area (Å²) in [4.78, 5) is 12.6. The maximum absolute atomic E-state index is 13.8. The summed E-state index contributed by atoms with van der Waals surface area (Å²) in [5.41, 5.74) is 2.49. The molecule has 24 heavy (non-hydrogen) atoms. The third-order valence-electron chi connectivity index (χ3n) is 4.26. The molecule has 1 N–H and O–H groups in total. The lowest BCUT2D eigenvalue weighted by atomic mass is 9.95. The number of benzene rings is 1. The first kappa shape index (κ1) is 16.6. The highest BCUT2D eigenvalue weighted by atomic mass is 19.3. The van der Waals surface area contributed by atoms with Gasteiger partial charge in [-0.05, 0) is 6.07 Å². The Balaban J connectivity index is 1.78. The van der Waals surface area contributed by atoms with E-state index in [1.807, 2.05) is 36.4 Å². The number of hydrogen-bond acceptors (Lipinski definition) is 3. The van der Waals surface area contributed by atoms with E-state index in [9.17, 15) is 13.6 Å². The van der Waals surface area contributed by atoms with Crippen molar-refractivity contribution in [3.8, 4) is 11.3 Å². The van der Waals surface area contributed by atoms with Crippen molar-refractivity contribution in [3.63, 3.8) is 0 Å². The summed E-state index contributed by atoms with van der Waals surface area (Å²) in [6, 6.07) is 11.5. The topological polar surface area (TPSA) is 58.4 Å². The van der Waals surface area contributed by atoms with Crippen LogP contribution in [0.4, 0.5) is 8.78 Å². The van der Waals surface area contributed by atoms with E-state index in [1.54, 1.807) is 11.7 Å². The van der Waals surface area contributed by atoms with E-state index < -0.39 is 30.8 Å². The zero-order chi connectivity index (χ0) is 17.3. The normalized spacial score (nSPS) is 20.9. The zero-order valence-electron chi connectivity index (χ0n) is 13.3. The standard InChI is InChI=1S/C17H19F2N3O2/c1-21-14(7-15(20-21)12-5-3-2-4-6-12)10-22-9-13(16(23)24)8-17(18,19)11-22/h2-7,13H,8-11H2,1H3,(H,23,24). The van der Waals surface area contributed by atoms with E-state index in [-0.39, 0.29) is 13.1 Å². The van der Waals surface area contributed by atoms with Gasteiger partial charge in [-0.1, -0.05) is 30.3 Å². The number of halogens is 2. The van der Waals surface area contributed by atoms with E-state index in [2.05, 4.69) is 5.10 Å². The molecule has 1 aromatic carbocycles. The van der Waals surface area contributed by atoms with Gasteiger partial charge < -0.3 is 5.11 Å². The Kier molecular flexibility index (Phi) is 4.36. The van der Waals surface area contributed by atoms with Crippen molar-refractivity contribution < 1.29 is 18.7 Å². The molecule has 0 amide bonds. The van der Waals surface area contributed by atoms with Gasteiger partial charge in [0, 0.05) is 32.1 Å². The highest BCUT2D eigenvalue weighted by Crippen LogP contribution is 2.31. The lowest BCUT2D eigenvalue weighted by Crippen LogP contribution is -2.48. The highest BCUT2D eigenvalue weighted by Gasteiger charge is 2.43. The molecule has 1 unspecified atom stereocenters. The van der Waals surface area contributed by atoms with Gasteiger partial charge in [0.25, 0.3) is 5.92 Å². The molecule has 0 saturated carbocycles. The van der Waals surface area contributed by atoms with Gasteiger partial charge in [0.1, 0.15) is 0 Å². The zero-order valence-corrected chi connectivity index (χ0v) is 13.3. The van der Waals surface area contributed by atoms with Crippen LogP contribution >= 0.6 is 0 Å². The molecule has 0 radical (unpaired) electrons. The molecule has 3 rings (SSSR count). The average Bonchev–Trinajstić information content (AvgIpc) is 2.87. The molecular formula is C17H19F2N3O2. The molecule has 0 spiro atoms. The smallest absolute Gasteiger partial charge is 0.308 e. The van der Waals surface area contributed by atoms with E-state index in [0.29, 0.717) is 0 Å². The first-order chi connectivity index (χ1) is 11.3. The molecule has 1 atom stereocenters. The molecule has 5 nitrogen and oxygen atoms in total. The fourth-order valence-corrected chi connectivity index (χ4v) is 3.11. The molecule has 0 aliphatic carbocycles. The predicted octanol–water partition coefficient (Wildman–Crippen LogP) is 2.63. The van der Waals surface area contributed by atoms with Crippen LogP contribution < -0.4 is 0 Å². The summed E-state index contributed by atoms with van der Waals surface area (Å²) in [5, 5.41) is 13.5. The van der Waals surface area contributed by atoms with Crippen LogP contribution in [0.3, 0.4) is 0 Å². The summed E-state index contributed by atoms with van der Waals surface area (Å²) in [7, 11) is 1.76. The fraction of sp³-hybridized carbons (Fsp3) is 0.412. The van der Waals surface area contributed by atoms with E-state index in [4.69, 9.17) is 5.11 Å². The van der Waals surface area contributed by atoms with Crippen molar-refractivity contribution in [1.82, 2.24) is 14.7 Å². The molecule has 1 aromatic heterocycles. The van der Waals surface area contributed by atoms with Crippen LogP contribution in [0.2, 0.25) is 0 Å². The number of aliphatic carboxylic acids is 1. The van der Waals surface area contributed by atoms with Crippen molar-refractivity contribution in [2.75, 3.05) is 13.1 Å². The Morgan fingerprint density at radius 2 is 2.08 bits per heavy atom. The maximum atomic E-state index is 13.8. The average molecular weight is 335 g/mol. The second-order valence-electron chi connectivity index (χ2n) is 6.28. The number of rotatable bonds is 4. The van der Waals surface area contributed by atoms with Crippen LogP contribution in [0.1, 0.15) is 12.1 Å². The van der Waals surface area contributed by atoms with Gasteiger partial charge in [-0.15, -0.1) is 0 Å². The minimum atomic E-state index is -2.98. The summed E-state index contributed by atoms with van der Waals surface area (Å²) in [6.45, 7) is -0.0604. The Hall–Kier alpha value is -2.28.